The van der Waals surface area contributed by atoms with Gasteiger partial charge in [0.15, 0.2) is 0 Å². The number of likely N-dealkylation sites (tertiary alicyclic amines) is 1. The van der Waals surface area contributed by atoms with Gasteiger partial charge in [0.1, 0.15) is 11.8 Å². The molecule has 0 spiro atoms. The first kappa shape index (κ1) is 13.5. The number of hydrogen-bond donors (Lipinski definition) is 1. The number of hydrogen-bond acceptors (Lipinski definition) is 5. The van der Waals surface area contributed by atoms with Crippen molar-refractivity contribution in [3.63, 3.8) is 0 Å². The van der Waals surface area contributed by atoms with E-state index in [-0.39, 0.29) is 18.4 Å². The molecule has 1 aromatic rings. The number of carboxylic acids is 1. The second kappa shape index (κ2) is 5.40. The Hall–Kier alpha value is -1.89. The summed E-state index contributed by atoms with van der Waals surface area (Å²) in [5.41, 5.74) is 0.507. The SMILES string of the molecule is COC1CC(C(=O)O)N(C(=O)Cc2cc(C)on2)C1. The Morgan fingerprint density at radius 1 is 1.63 bits per heavy atom. The molecule has 1 aromatic heterocycles. The molecule has 1 aliphatic heterocycles. The Kier molecular flexibility index (Phi) is 3.84. The summed E-state index contributed by atoms with van der Waals surface area (Å²) in [5.74, 6) is -0.668. The molecule has 2 rings (SSSR count). The zero-order valence-electron chi connectivity index (χ0n) is 10.8. The number of ether oxygens (including phenoxy) is 1. The molecular weight excluding hydrogens is 252 g/mol. The maximum absolute atomic E-state index is 12.1. The minimum atomic E-state index is -1.01. The number of methoxy groups -OCH3 is 1. The summed E-state index contributed by atoms with van der Waals surface area (Å²) in [6.45, 7) is 2.03. The van der Waals surface area contributed by atoms with Crippen LogP contribution in [0.5, 0.6) is 0 Å². The van der Waals surface area contributed by atoms with Gasteiger partial charge in [-0.3, -0.25) is 4.79 Å². The topological polar surface area (TPSA) is 92.9 Å². The van der Waals surface area contributed by atoms with Crippen molar-refractivity contribution in [2.75, 3.05) is 13.7 Å². The van der Waals surface area contributed by atoms with E-state index >= 15 is 0 Å². The number of nitrogens with zero attached hydrogens (tertiary/aromatic N) is 2. The molecule has 19 heavy (non-hydrogen) atoms. The lowest BCUT2D eigenvalue weighted by Gasteiger charge is -2.20. The number of amides is 1. The molecule has 7 nitrogen and oxygen atoms in total. The van der Waals surface area contributed by atoms with E-state index in [0.29, 0.717) is 24.4 Å². The molecule has 2 unspecified atom stereocenters. The molecule has 0 aliphatic carbocycles. The number of carboxylic acid groups (broad SMARTS) is 1. The Bertz CT molecular complexity index is 484. The maximum Gasteiger partial charge on any atom is 0.326 e. The zero-order valence-corrected chi connectivity index (χ0v) is 10.8. The van der Waals surface area contributed by atoms with Crippen molar-refractivity contribution in [2.24, 2.45) is 0 Å². The first-order valence-electron chi connectivity index (χ1n) is 5.98. The van der Waals surface area contributed by atoms with E-state index in [1.54, 1.807) is 13.0 Å². The van der Waals surface area contributed by atoms with Gasteiger partial charge >= 0.3 is 5.97 Å². The Balaban J connectivity index is 2.06. The third kappa shape index (κ3) is 2.93. The molecule has 0 saturated carbocycles. The van der Waals surface area contributed by atoms with Crippen LogP contribution < -0.4 is 0 Å². The predicted molar refractivity (Wildman–Crippen MR) is 63.5 cm³/mol. The smallest absolute Gasteiger partial charge is 0.326 e. The Morgan fingerprint density at radius 3 is 2.89 bits per heavy atom. The lowest BCUT2D eigenvalue weighted by molar-refractivity contribution is -0.148. The van der Waals surface area contributed by atoms with E-state index in [4.69, 9.17) is 14.4 Å². The fourth-order valence-electron chi connectivity index (χ4n) is 2.24. The fraction of sp³-hybridized carbons (Fsp3) is 0.583. The Morgan fingerprint density at radius 2 is 2.37 bits per heavy atom. The molecule has 1 fully saturated rings. The number of aromatic nitrogens is 1. The standard InChI is InChI=1S/C12H16N2O5/c1-7-3-8(13-19-7)4-11(15)14-6-9(18-2)5-10(14)12(16)17/h3,9-10H,4-6H2,1-2H3,(H,16,17). The molecule has 7 heteroatoms. The number of carbonyl (C=O) groups is 2. The fourth-order valence-corrected chi connectivity index (χ4v) is 2.24. The van der Waals surface area contributed by atoms with Crippen molar-refractivity contribution in [1.82, 2.24) is 10.1 Å². The van der Waals surface area contributed by atoms with Crippen molar-refractivity contribution >= 4 is 11.9 Å². The van der Waals surface area contributed by atoms with E-state index < -0.39 is 12.0 Å². The van der Waals surface area contributed by atoms with Crippen LogP contribution in [0, 0.1) is 6.92 Å². The first-order chi connectivity index (χ1) is 9.01. The van der Waals surface area contributed by atoms with Gasteiger partial charge in [-0.2, -0.15) is 0 Å². The van der Waals surface area contributed by atoms with Crippen LogP contribution in [0.2, 0.25) is 0 Å². The number of aryl methyl sites for hydroxylation is 1. The lowest BCUT2D eigenvalue weighted by Crippen LogP contribution is -2.41. The summed E-state index contributed by atoms with van der Waals surface area (Å²) in [4.78, 5) is 24.6. The Labute approximate surface area is 110 Å². The molecule has 1 N–H and O–H groups in total. The summed E-state index contributed by atoms with van der Waals surface area (Å²) in [6, 6.07) is 0.836. The van der Waals surface area contributed by atoms with Gasteiger partial charge in [0.05, 0.1) is 18.2 Å². The van der Waals surface area contributed by atoms with E-state index in [9.17, 15) is 9.59 Å². The molecule has 0 bridgehead atoms. The van der Waals surface area contributed by atoms with Gasteiger partial charge in [0, 0.05) is 26.1 Å². The predicted octanol–water partition coefficient (Wildman–Crippen LogP) is 0.226. The van der Waals surface area contributed by atoms with Gasteiger partial charge in [-0.1, -0.05) is 5.16 Å². The van der Waals surface area contributed by atoms with Crippen LogP contribution in [0.25, 0.3) is 0 Å². The lowest BCUT2D eigenvalue weighted by atomic mass is 10.2. The van der Waals surface area contributed by atoms with Gasteiger partial charge in [-0.25, -0.2) is 4.79 Å². The average molecular weight is 268 g/mol. The third-order valence-electron chi connectivity index (χ3n) is 3.21. The van der Waals surface area contributed by atoms with Crippen molar-refractivity contribution in [2.45, 2.75) is 31.9 Å². The quantitative estimate of drug-likeness (QED) is 0.840. The zero-order chi connectivity index (χ0) is 14.0. The summed E-state index contributed by atoms with van der Waals surface area (Å²) >= 11 is 0. The van der Waals surface area contributed by atoms with Crippen LogP contribution in [-0.4, -0.2) is 52.8 Å². The van der Waals surface area contributed by atoms with E-state index in [1.165, 1.54) is 12.0 Å². The summed E-state index contributed by atoms with van der Waals surface area (Å²) < 4.78 is 10.0. The largest absolute Gasteiger partial charge is 0.480 e. The highest BCUT2D eigenvalue weighted by Gasteiger charge is 2.39. The summed E-state index contributed by atoms with van der Waals surface area (Å²) in [5, 5.41) is 12.9. The van der Waals surface area contributed by atoms with Crippen LogP contribution >= 0.6 is 0 Å². The van der Waals surface area contributed by atoms with Crippen LogP contribution in [-0.2, 0) is 20.7 Å². The molecule has 0 aromatic carbocycles. The highest BCUT2D eigenvalue weighted by Crippen LogP contribution is 2.21. The van der Waals surface area contributed by atoms with Crippen molar-refractivity contribution < 1.29 is 24.0 Å². The molecule has 104 valence electrons. The molecule has 1 saturated heterocycles. The number of carbonyl (C=O) groups excluding carboxylic acids is 1. The first-order valence-corrected chi connectivity index (χ1v) is 5.98. The van der Waals surface area contributed by atoms with Crippen LogP contribution in [0.1, 0.15) is 17.9 Å². The molecular formula is C12H16N2O5. The number of rotatable bonds is 4. The minimum Gasteiger partial charge on any atom is -0.480 e. The highest BCUT2D eigenvalue weighted by atomic mass is 16.5. The molecule has 1 amide bonds. The monoisotopic (exact) mass is 268 g/mol. The minimum absolute atomic E-state index is 0.0392. The second-order valence-corrected chi connectivity index (χ2v) is 4.60. The molecule has 0 radical (unpaired) electrons. The summed E-state index contributed by atoms with van der Waals surface area (Å²) in [6.07, 6.45) is 0.122. The maximum atomic E-state index is 12.1. The van der Waals surface area contributed by atoms with Gasteiger partial charge in [0.2, 0.25) is 5.91 Å². The van der Waals surface area contributed by atoms with Crippen molar-refractivity contribution in [3.05, 3.63) is 17.5 Å². The third-order valence-corrected chi connectivity index (χ3v) is 3.21. The van der Waals surface area contributed by atoms with Crippen molar-refractivity contribution in [1.29, 1.82) is 0 Å². The van der Waals surface area contributed by atoms with Gasteiger partial charge in [-0.15, -0.1) is 0 Å². The second-order valence-electron chi connectivity index (χ2n) is 4.60. The molecule has 2 atom stereocenters. The summed E-state index contributed by atoms with van der Waals surface area (Å²) in [7, 11) is 1.51. The van der Waals surface area contributed by atoms with E-state index in [1.807, 2.05) is 0 Å². The van der Waals surface area contributed by atoms with Crippen molar-refractivity contribution in [3.8, 4) is 0 Å². The molecule has 2 heterocycles. The van der Waals surface area contributed by atoms with E-state index in [0.717, 1.165) is 0 Å². The van der Waals surface area contributed by atoms with Crippen LogP contribution in [0.4, 0.5) is 0 Å². The van der Waals surface area contributed by atoms with Gasteiger partial charge in [0.25, 0.3) is 0 Å². The normalized spacial score (nSPS) is 22.7. The van der Waals surface area contributed by atoms with E-state index in [2.05, 4.69) is 5.16 Å². The highest BCUT2D eigenvalue weighted by molar-refractivity contribution is 5.85. The van der Waals surface area contributed by atoms with Gasteiger partial charge < -0.3 is 19.3 Å². The van der Waals surface area contributed by atoms with Gasteiger partial charge in [-0.05, 0) is 6.92 Å². The van der Waals surface area contributed by atoms with Crippen LogP contribution in [0.15, 0.2) is 10.6 Å². The molecule has 1 aliphatic rings. The van der Waals surface area contributed by atoms with Crippen LogP contribution in [0.3, 0.4) is 0 Å². The number of aliphatic carboxylic acids is 1. The average Bonchev–Trinajstić information content (AvgIpc) is 2.95.